The van der Waals surface area contributed by atoms with Crippen LogP contribution in [0, 0.1) is 0 Å². The van der Waals surface area contributed by atoms with Gasteiger partial charge in [0.2, 0.25) is 0 Å². The number of nitrogens with two attached hydrogens (primary N) is 1. The lowest BCUT2D eigenvalue weighted by Crippen LogP contribution is -2.27. The monoisotopic (exact) mass is 278 g/mol. The average Bonchev–Trinajstić information content (AvgIpc) is 3.10. The van der Waals surface area contributed by atoms with E-state index >= 15 is 0 Å². The van der Waals surface area contributed by atoms with Crippen LogP contribution in [0.15, 0.2) is 18.2 Å². The van der Waals surface area contributed by atoms with Gasteiger partial charge in [-0.1, -0.05) is 6.07 Å². The van der Waals surface area contributed by atoms with E-state index in [-0.39, 0.29) is 11.2 Å². The number of amides is 1. The summed E-state index contributed by atoms with van der Waals surface area (Å²) >= 11 is 0. The van der Waals surface area contributed by atoms with E-state index in [1.54, 1.807) is 32.9 Å². The first-order chi connectivity index (χ1) is 9.26. The molecule has 0 spiro atoms. The van der Waals surface area contributed by atoms with Crippen molar-refractivity contribution in [3.8, 4) is 5.75 Å². The van der Waals surface area contributed by atoms with Gasteiger partial charge >= 0.3 is 6.09 Å². The molecule has 110 valence electrons. The predicted molar refractivity (Wildman–Crippen MR) is 77.9 cm³/mol. The van der Waals surface area contributed by atoms with Gasteiger partial charge in [-0.05, 0) is 51.3 Å². The van der Waals surface area contributed by atoms with Gasteiger partial charge in [0.15, 0.2) is 0 Å². The maximum absolute atomic E-state index is 11.7. The molecule has 0 saturated heterocycles. The Kier molecular flexibility index (Phi) is 3.65. The molecule has 0 radical (unpaired) electrons. The first kappa shape index (κ1) is 14.7. The minimum Gasteiger partial charge on any atom is -0.506 e. The number of anilines is 1. The molecule has 1 aliphatic rings. The molecule has 1 saturated carbocycles. The van der Waals surface area contributed by atoms with E-state index in [0.29, 0.717) is 12.2 Å². The van der Waals surface area contributed by atoms with Crippen molar-refractivity contribution < 1.29 is 14.6 Å². The fourth-order valence-corrected chi connectivity index (χ4v) is 2.14. The van der Waals surface area contributed by atoms with Crippen molar-refractivity contribution >= 4 is 11.8 Å². The van der Waals surface area contributed by atoms with Gasteiger partial charge in [-0.15, -0.1) is 0 Å². The van der Waals surface area contributed by atoms with Gasteiger partial charge in [0.1, 0.15) is 11.4 Å². The number of carbonyl (C=O) groups excluding carboxylic acids is 1. The Hall–Kier alpha value is -1.75. The summed E-state index contributed by atoms with van der Waals surface area (Å²) in [6.07, 6.45) is 1.50. The Balaban J connectivity index is 2.09. The van der Waals surface area contributed by atoms with Crippen molar-refractivity contribution in [3.63, 3.8) is 0 Å². The Morgan fingerprint density at radius 2 is 2.10 bits per heavy atom. The quantitative estimate of drug-likeness (QED) is 0.742. The summed E-state index contributed by atoms with van der Waals surface area (Å²) in [4.78, 5) is 11.7. The van der Waals surface area contributed by atoms with E-state index in [1.807, 2.05) is 6.07 Å². The lowest BCUT2D eigenvalue weighted by atomic mass is 9.95. The first-order valence-electron chi connectivity index (χ1n) is 6.79. The fourth-order valence-electron chi connectivity index (χ4n) is 2.14. The Morgan fingerprint density at radius 1 is 1.45 bits per heavy atom. The van der Waals surface area contributed by atoms with E-state index in [4.69, 9.17) is 10.5 Å². The van der Waals surface area contributed by atoms with Gasteiger partial charge < -0.3 is 15.6 Å². The molecular weight excluding hydrogens is 256 g/mol. The van der Waals surface area contributed by atoms with Gasteiger partial charge in [0.05, 0.1) is 5.69 Å². The van der Waals surface area contributed by atoms with Gasteiger partial charge in [-0.25, -0.2) is 4.79 Å². The van der Waals surface area contributed by atoms with Crippen molar-refractivity contribution in [3.05, 3.63) is 23.8 Å². The zero-order chi connectivity index (χ0) is 15.0. The summed E-state index contributed by atoms with van der Waals surface area (Å²) in [5.41, 5.74) is 6.58. The molecule has 0 unspecified atom stereocenters. The molecule has 1 aliphatic carbocycles. The minimum atomic E-state index is -0.583. The fraction of sp³-hybridized carbons (Fsp3) is 0.533. The van der Waals surface area contributed by atoms with E-state index in [2.05, 4.69) is 5.32 Å². The van der Waals surface area contributed by atoms with Crippen molar-refractivity contribution in [2.75, 3.05) is 11.9 Å². The molecule has 20 heavy (non-hydrogen) atoms. The van der Waals surface area contributed by atoms with Crippen LogP contribution < -0.4 is 11.1 Å². The second-order valence-corrected chi connectivity index (χ2v) is 6.34. The van der Waals surface area contributed by atoms with Gasteiger partial charge in [0.25, 0.3) is 0 Å². The summed E-state index contributed by atoms with van der Waals surface area (Å²) in [7, 11) is 0. The zero-order valence-electron chi connectivity index (χ0n) is 12.2. The van der Waals surface area contributed by atoms with E-state index in [1.165, 1.54) is 0 Å². The lowest BCUT2D eigenvalue weighted by molar-refractivity contribution is 0.0635. The number of aromatic hydroxyl groups is 1. The van der Waals surface area contributed by atoms with E-state index < -0.39 is 11.7 Å². The van der Waals surface area contributed by atoms with Crippen LogP contribution in [0.4, 0.5) is 10.5 Å². The summed E-state index contributed by atoms with van der Waals surface area (Å²) in [6, 6.07) is 5.25. The number of phenolic OH excluding ortho intramolecular Hbond substituents is 1. The van der Waals surface area contributed by atoms with Crippen LogP contribution in [-0.4, -0.2) is 23.3 Å². The third-order valence-electron chi connectivity index (χ3n) is 3.49. The zero-order valence-corrected chi connectivity index (χ0v) is 12.2. The topological polar surface area (TPSA) is 84.6 Å². The molecule has 1 amide bonds. The third kappa shape index (κ3) is 3.22. The Labute approximate surface area is 119 Å². The highest BCUT2D eigenvalue weighted by molar-refractivity contribution is 5.87. The summed E-state index contributed by atoms with van der Waals surface area (Å²) in [6.45, 7) is 5.93. The number of hydrogen-bond acceptors (Lipinski definition) is 4. The second-order valence-electron chi connectivity index (χ2n) is 6.34. The van der Waals surface area contributed by atoms with Gasteiger partial charge in [-0.2, -0.15) is 0 Å². The lowest BCUT2D eigenvalue weighted by Gasteiger charge is -2.20. The number of phenols is 1. The van der Waals surface area contributed by atoms with Crippen molar-refractivity contribution in [1.29, 1.82) is 0 Å². The Morgan fingerprint density at radius 3 is 2.55 bits per heavy atom. The molecular formula is C15H22N2O3. The molecule has 5 heteroatoms. The standard InChI is InChI=1S/C15H22N2O3/c1-14(2,3)20-13(19)17-11-5-4-10(8-12(11)18)15(9-16)6-7-15/h4-5,8,18H,6-7,9,16H2,1-3H3,(H,17,19). The number of rotatable bonds is 3. The maximum Gasteiger partial charge on any atom is 0.412 e. The highest BCUT2D eigenvalue weighted by Crippen LogP contribution is 2.48. The highest BCUT2D eigenvalue weighted by Gasteiger charge is 2.43. The van der Waals surface area contributed by atoms with Crippen LogP contribution >= 0.6 is 0 Å². The predicted octanol–water partition coefficient (Wildman–Crippen LogP) is 2.73. The molecule has 0 bridgehead atoms. The molecule has 0 aliphatic heterocycles. The molecule has 0 atom stereocenters. The SMILES string of the molecule is CC(C)(C)OC(=O)Nc1ccc(C2(CN)CC2)cc1O. The van der Waals surface area contributed by atoms with Crippen LogP contribution in [0.1, 0.15) is 39.2 Å². The third-order valence-corrected chi connectivity index (χ3v) is 3.49. The number of ether oxygens (including phenoxy) is 1. The summed E-state index contributed by atoms with van der Waals surface area (Å²) in [5, 5.41) is 12.6. The van der Waals surface area contributed by atoms with Crippen LogP contribution in [0.2, 0.25) is 0 Å². The maximum atomic E-state index is 11.7. The van der Waals surface area contributed by atoms with Crippen LogP contribution in [0.3, 0.4) is 0 Å². The average molecular weight is 278 g/mol. The molecule has 0 aromatic heterocycles. The molecule has 5 nitrogen and oxygen atoms in total. The van der Waals surface area contributed by atoms with Crippen molar-refractivity contribution in [1.82, 2.24) is 0 Å². The van der Waals surface area contributed by atoms with Crippen molar-refractivity contribution in [2.45, 2.75) is 44.6 Å². The van der Waals surface area contributed by atoms with Gasteiger partial charge in [0, 0.05) is 12.0 Å². The smallest absolute Gasteiger partial charge is 0.412 e. The summed E-state index contributed by atoms with van der Waals surface area (Å²) in [5.74, 6) is 0.0353. The van der Waals surface area contributed by atoms with E-state index in [9.17, 15) is 9.90 Å². The van der Waals surface area contributed by atoms with Gasteiger partial charge in [-0.3, -0.25) is 5.32 Å². The summed E-state index contributed by atoms with van der Waals surface area (Å²) < 4.78 is 5.15. The van der Waals surface area contributed by atoms with Crippen LogP contribution in [0.5, 0.6) is 5.75 Å². The van der Waals surface area contributed by atoms with Crippen molar-refractivity contribution in [2.24, 2.45) is 5.73 Å². The largest absolute Gasteiger partial charge is 0.506 e. The molecule has 4 N–H and O–H groups in total. The molecule has 1 fully saturated rings. The Bertz CT molecular complexity index is 516. The number of carbonyl (C=O) groups is 1. The second kappa shape index (κ2) is 4.98. The molecule has 1 aromatic carbocycles. The molecule has 0 heterocycles. The normalized spacial score (nSPS) is 16.6. The van der Waals surface area contributed by atoms with Crippen LogP contribution in [-0.2, 0) is 10.2 Å². The highest BCUT2D eigenvalue weighted by atomic mass is 16.6. The molecule has 1 aromatic rings. The number of benzene rings is 1. The minimum absolute atomic E-state index is 0.0158. The number of nitrogens with one attached hydrogen (secondary N) is 1. The van der Waals surface area contributed by atoms with Crippen LogP contribution in [0.25, 0.3) is 0 Å². The number of hydrogen-bond donors (Lipinski definition) is 3. The van der Waals surface area contributed by atoms with E-state index in [0.717, 1.165) is 18.4 Å². The first-order valence-corrected chi connectivity index (χ1v) is 6.79. The molecule has 2 rings (SSSR count).